The first-order valence-corrected chi connectivity index (χ1v) is 11.8. The summed E-state index contributed by atoms with van der Waals surface area (Å²) in [6.45, 7) is 6.27. The van der Waals surface area contributed by atoms with E-state index in [1.54, 1.807) is 36.4 Å². The Morgan fingerprint density at radius 1 is 1.03 bits per heavy atom. The lowest BCUT2D eigenvalue weighted by atomic mass is 10.1. The zero-order valence-electron chi connectivity index (χ0n) is 19.4. The third-order valence-corrected chi connectivity index (χ3v) is 5.77. The number of carbonyl (C=O) groups is 2. The first kappa shape index (κ1) is 24.5. The van der Waals surface area contributed by atoms with Crippen molar-refractivity contribution in [2.24, 2.45) is 0 Å². The van der Waals surface area contributed by atoms with E-state index >= 15 is 0 Å². The van der Waals surface area contributed by atoms with E-state index in [4.69, 9.17) is 11.6 Å². The first-order chi connectivity index (χ1) is 15.9. The maximum atomic E-state index is 13.3. The molecule has 1 amide bonds. The molecule has 0 aliphatic carbocycles. The molecule has 0 radical (unpaired) electrons. The molecule has 0 saturated carbocycles. The minimum atomic E-state index is -0.429. The SMILES string of the molecule is CCCc1[nH]n(-c2cccc(Cl)c2)c(=O)c1C(=O)CN(CCC)C(=O)c1ccc(CC)cc1. The smallest absolute Gasteiger partial charge is 0.282 e. The highest BCUT2D eigenvalue weighted by molar-refractivity contribution is 6.30. The molecule has 3 rings (SSSR count). The minimum absolute atomic E-state index is 0.104. The summed E-state index contributed by atoms with van der Waals surface area (Å²) in [6.07, 6.45) is 2.90. The van der Waals surface area contributed by atoms with Crippen molar-refractivity contribution < 1.29 is 9.59 Å². The summed E-state index contributed by atoms with van der Waals surface area (Å²) in [4.78, 5) is 41.2. The number of nitrogens with zero attached hydrogens (tertiary/aromatic N) is 2. The molecule has 0 fully saturated rings. The van der Waals surface area contributed by atoms with Gasteiger partial charge >= 0.3 is 0 Å². The molecule has 0 bridgehead atoms. The molecule has 7 heteroatoms. The van der Waals surface area contributed by atoms with Crippen LogP contribution in [0.25, 0.3) is 5.69 Å². The molecular weight excluding hydrogens is 438 g/mol. The van der Waals surface area contributed by atoms with Gasteiger partial charge in [-0.2, -0.15) is 0 Å². The molecule has 0 saturated heterocycles. The number of hydrogen-bond donors (Lipinski definition) is 1. The summed E-state index contributed by atoms with van der Waals surface area (Å²) in [5.41, 5.74) is 2.48. The van der Waals surface area contributed by atoms with E-state index in [0.29, 0.717) is 41.4 Å². The van der Waals surface area contributed by atoms with E-state index in [0.717, 1.165) is 18.4 Å². The van der Waals surface area contributed by atoms with Crippen LogP contribution in [-0.4, -0.2) is 39.5 Å². The molecule has 0 spiro atoms. The molecule has 0 unspecified atom stereocenters. The Balaban J connectivity index is 1.93. The number of Topliss-reactive ketones (excluding diaryl/α,β-unsaturated/α-hetero) is 1. The van der Waals surface area contributed by atoms with Crippen LogP contribution in [0.3, 0.4) is 0 Å². The van der Waals surface area contributed by atoms with Gasteiger partial charge in [-0.3, -0.25) is 19.5 Å². The molecule has 6 nitrogen and oxygen atoms in total. The summed E-state index contributed by atoms with van der Waals surface area (Å²) >= 11 is 6.09. The van der Waals surface area contributed by atoms with Gasteiger partial charge in [0, 0.05) is 22.8 Å². The lowest BCUT2D eigenvalue weighted by Crippen LogP contribution is -2.38. The number of H-pyrrole nitrogens is 1. The lowest BCUT2D eigenvalue weighted by Gasteiger charge is -2.21. The monoisotopic (exact) mass is 467 g/mol. The normalized spacial score (nSPS) is 10.9. The highest BCUT2D eigenvalue weighted by Crippen LogP contribution is 2.16. The molecule has 0 aliphatic heterocycles. The van der Waals surface area contributed by atoms with Gasteiger partial charge in [-0.1, -0.05) is 57.0 Å². The number of halogens is 1. The molecular formula is C26H30ClN3O3. The van der Waals surface area contributed by atoms with Crippen molar-refractivity contribution in [1.82, 2.24) is 14.7 Å². The Hall–Kier alpha value is -3.12. The number of aromatic amines is 1. The molecule has 1 N–H and O–H groups in total. The van der Waals surface area contributed by atoms with Crippen LogP contribution in [0.5, 0.6) is 0 Å². The van der Waals surface area contributed by atoms with E-state index in [2.05, 4.69) is 12.0 Å². The maximum Gasteiger partial charge on any atom is 0.282 e. The van der Waals surface area contributed by atoms with Crippen molar-refractivity contribution in [3.8, 4) is 5.69 Å². The van der Waals surface area contributed by atoms with E-state index in [1.807, 2.05) is 26.0 Å². The Morgan fingerprint density at radius 2 is 1.76 bits per heavy atom. The third kappa shape index (κ3) is 5.63. The van der Waals surface area contributed by atoms with E-state index in [9.17, 15) is 14.4 Å². The number of nitrogens with one attached hydrogen (secondary N) is 1. The Labute approximate surface area is 199 Å². The fourth-order valence-electron chi connectivity index (χ4n) is 3.84. The largest absolute Gasteiger partial charge is 0.331 e. The van der Waals surface area contributed by atoms with Gasteiger partial charge in [0.2, 0.25) is 0 Å². The second-order valence-electron chi connectivity index (χ2n) is 8.04. The number of aromatic nitrogens is 2. The highest BCUT2D eigenvalue weighted by atomic mass is 35.5. The fraction of sp³-hybridized carbons (Fsp3) is 0.346. The molecule has 1 aromatic heterocycles. The average molecular weight is 468 g/mol. The Kier molecular flexibility index (Phi) is 8.28. The number of hydrogen-bond acceptors (Lipinski definition) is 3. The number of benzene rings is 2. The third-order valence-electron chi connectivity index (χ3n) is 5.54. The second kappa shape index (κ2) is 11.1. The van der Waals surface area contributed by atoms with Crippen LogP contribution >= 0.6 is 11.6 Å². The summed E-state index contributed by atoms with van der Waals surface area (Å²) in [5.74, 6) is -0.581. The quantitative estimate of drug-likeness (QED) is 0.423. The predicted molar refractivity (Wildman–Crippen MR) is 132 cm³/mol. The van der Waals surface area contributed by atoms with Crippen molar-refractivity contribution in [1.29, 1.82) is 0 Å². The van der Waals surface area contributed by atoms with Crippen LogP contribution in [-0.2, 0) is 12.8 Å². The molecule has 0 aliphatic rings. The van der Waals surface area contributed by atoms with Gasteiger partial charge in [0.1, 0.15) is 5.56 Å². The predicted octanol–water partition coefficient (Wildman–Crippen LogP) is 5.07. The average Bonchev–Trinajstić information content (AvgIpc) is 3.14. The standard InChI is InChI=1S/C26H30ClN3O3/c1-4-8-22-24(26(33)30(28-22)21-10-7-9-20(27)16-21)23(31)17-29(15-5-2)25(32)19-13-11-18(6-3)12-14-19/h7,9-14,16,28H,4-6,8,15,17H2,1-3H3. The first-order valence-electron chi connectivity index (χ1n) is 11.4. The van der Waals surface area contributed by atoms with Gasteiger partial charge in [0.25, 0.3) is 11.5 Å². The number of rotatable bonds is 10. The summed E-state index contributed by atoms with van der Waals surface area (Å²) < 4.78 is 1.35. The number of amides is 1. The van der Waals surface area contributed by atoms with Crippen LogP contribution < -0.4 is 5.56 Å². The van der Waals surface area contributed by atoms with Crippen molar-refractivity contribution in [3.63, 3.8) is 0 Å². The molecule has 2 aromatic carbocycles. The van der Waals surface area contributed by atoms with Crippen LogP contribution in [0.1, 0.15) is 65.6 Å². The minimum Gasteiger partial charge on any atom is -0.331 e. The van der Waals surface area contributed by atoms with Gasteiger partial charge < -0.3 is 4.90 Å². The van der Waals surface area contributed by atoms with Crippen molar-refractivity contribution in [2.45, 2.75) is 46.5 Å². The van der Waals surface area contributed by atoms with Crippen molar-refractivity contribution in [2.75, 3.05) is 13.1 Å². The fourth-order valence-corrected chi connectivity index (χ4v) is 4.02. The van der Waals surface area contributed by atoms with Crippen molar-refractivity contribution in [3.05, 3.63) is 86.3 Å². The maximum absolute atomic E-state index is 13.3. The van der Waals surface area contributed by atoms with E-state index in [1.165, 1.54) is 9.58 Å². The topological polar surface area (TPSA) is 75.2 Å². The zero-order valence-corrected chi connectivity index (χ0v) is 20.1. The summed E-state index contributed by atoms with van der Waals surface area (Å²) in [7, 11) is 0. The molecule has 3 aromatic rings. The number of ketones is 1. The van der Waals surface area contributed by atoms with Crippen LogP contribution in [0.15, 0.2) is 53.3 Å². The highest BCUT2D eigenvalue weighted by Gasteiger charge is 2.25. The van der Waals surface area contributed by atoms with Crippen LogP contribution in [0, 0.1) is 0 Å². The van der Waals surface area contributed by atoms with E-state index in [-0.39, 0.29) is 23.8 Å². The van der Waals surface area contributed by atoms with E-state index < -0.39 is 5.56 Å². The van der Waals surface area contributed by atoms with Crippen LogP contribution in [0.2, 0.25) is 5.02 Å². The lowest BCUT2D eigenvalue weighted by molar-refractivity contribution is 0.0709. The second-order valence-corrected chi connectivity index (χ2v) is 8.47. The summed E-state index contributed by atoms with van der Waals surface area (Å²) in [5, 5.41) is 3.57. The van der Waals surface area contributed by atoms with Gasteiger partial charge in [-0.25, -0.2) is 4.68 Å². The van der Waals surface area contributed by atoms with Gasteiger partial charge in [-0.15, -0.1) is 0 Å². The van der Waals surface area contributed by atoms with Crippen molar-refractivity contribution >= 4 is 23.3 Å². The number of aryl methyl sites for hydroxylation is 2. The van der Waals surface area contributed by atoms with Gasteiger partial charge in [-0.05, 0) is 55.2 Å². The number of carbonyl (C=O) groups excluding carboxylic acids is 2. The molecule has 1 heterocycles. The summed E-state index contributed by atoms with van der Waals surface area (Å²) in [6, 6.07) is 14.3. The zero-order chi connectivity index (χ0) is 24.0. The molecule has 174 valence electrons. The molecule has 0 atom stereocenters. The van der Waals surface area contributed by atoms with Gasteiger partial charge in [0.15, 0.2) is 5.78 Å². The van der Waals surface area contributed by atoms with Gasteiger partial charge in [0.05, 0.1) is 12.2 Å². The molecule has 33 heavy (non-hydrogen) atoms. The Morgan fingerprint density at radius 3 is 2.36 bits per heavy atom. The van der Waals surface area contributed by atoms with Crippen LogP contribution in [0.4, 0.5) is 0 Å². The Bertz CT molecular complexity index is 1180.